The monoisotopic (exact) mass is 203 g/mol. The standard InChI is InChI=1S/C12H13NO2/c14-11-12(7-3-4-8-12)9-5-1-2-6-10(9)13(11)15/h1-2,5-6,15H,3-4,7-8H2. The van der Waals surface area contributed by atoms with Crippen LogP contribution in [0.25, 0.3) is 0 Å². The minimum atomic E-state index is -0.411. The topological polar surface area (TPSA) is 40.5 Å². The summed E-state index contributed by atoms with van der Waals surface area (Å²) in [5.74, 6) is -0.138. The molecule has 1 saturated carbocycles. The summed E-state index contributed by atoms with van der Waals surface area (Å²) in [5, 5.41) is 10.6. The molecule has 1 aromatic rings. The van der Waals surface area contributed by atoms with Crippen LogP contribution in [0.4, 0.5) is 5.69 Å². The molecule has 3 rings (SSSR count). The number of hydrogen-bond donors (Lipinski definition) is 1. The van der Waals surface area contributed by atoms with Gasteiger partial charge in [-0.1, -0.05) is 31.0 Å². The summed E-state index contributed by atoms with van der Waals surface area (Å²) in [6, 6.07) is 7.56. The lowest BCUT2D eigenvalue weighted by molar-refractivity contribution is -0.127. The summed E-state index contributed by atoms with van der Waals surface area (Å²) < 4.78 is 0. The Labute approximate surface area is 88.3 Å². The predicted molar refractivity (Wildman–Crippen MR) is 55.9 cm³/mol. The highest BCUT2D eigenvalue weighted by atomic mass is 16.5. The highest BCUT2D eigenvalue weighted by Gasteiger charge is 2.51. The molecule has 2 aliphatic rings. The molecule has 1 heterocycles. The van der Waals surface area contributed by atoms with E-state index < -0.39 is 5.41 Å². The molecule has 1 aromatic carbocycles. The minimum Gasteiger partial charge on any atom is -0.281 e. The Morgan fingerprint density at radius 3 is 2.60 bits per heavy atom. The van der Waals surface area contributed by atoms with Gasteiger partial charge in [0.05, 0.1) is 11.1 Å². The summed E-state index contributed by atoms with van der Waals surface area (Å²) >= 11 is 0. The first kappa shape index (κ1) is 8.92. The van der Waals surface area contributed by atoms with Gasteiger partial charge in [-0.2, -0.15) is 5.06 Å². The quantitative estimate of drug-likeness (QED) is 0.657. The smallest absolute Gasteiger partial charge is 0.261 e. The van der Waals surface area contributed by atoms with E-state index in [2.05, 4.69) is 0 Å². The van der Waals surface area contributed by atoms with Gasteiger partial charge in [-0.15, -0.1) is 0 Å². The Hall–Kier alpha value is -1.35. The molecule has 3 nitrogen and oxygen atoms in total. The van der Waals surface area contributed by atoms with E-state index in [0.29, 0.717) is 5.69 Å². The van der Waals surface area contributed by atoms with Crippen molar-refractivity contribution < 1.29 is 10.0 Å². The van der Waals surface area contributed by atoms with Gasteiger partial charge >= 0.3 is 0 Å². The number of hydrogen-bond acceptors (Lipinski definition) is 2. The first-order valence-corrected chi connectivity index (χ1v) is 5.39. The molecule has 0 radical (unpaired) electrons. The van der Waals surface area contributed by atoms with Crippen molar-refractivity contribution in [1.82, 2.24) is 0 Å². The van der Waals surface area contributed by atoms with Crippen molar-refractivity contribution in [2.75, 3.05) is 5.06 Å². The van der Waals surface area contributed by atoms with E-state index in [9.17, 15) is 10.0 Å². The second-order valence-corrected chi connectivity index (χ2v) is 4.42. The number of carbonyl (C=O) groups is 1. The predicted octanol–water partition coefficient (Wildman–Crippen LogP) is 2.23. The van der Waals surface area contributed by atoms with E-state index in [1.54, 1.807) is 6.07 Å². The van der Waals surface area contributed by atoms with Crippen molar-refractivity contribution in [2.45, 2.75) is 31.1 Å². The van der Waals surface area contributed by atoms with E-state index in [4.69, 9.17) is 0 Å². The molecule has 1 aliphatic carbocycles. The maximum absolute atomic E-state index is 12.1. The van der Waals surface area contributed by atoms with E-state index in [1.807, 2.05) is 18.2 Å². The number of nitrogens with zero attached hydrogens (tertiary/aromatic N) is 1. The highest BCUT2D eigenvalue weighted by Crippen LogP contribution is 2.50. The normalized spacial score (nSPS) is 22.5. The fourth-order valence-corrected chi connectivity index (χ4v) is 2.95. The zero-order valence-corrected chi connectivity index (χ0v) is 8.44. The third-order valence-electron chi connectivity index (χ3n) is 3.71. The Morgan fingerprint density at radius 2 is 1.87 bits per heavy atom. The lowest BCUT2D eigenvalue weighted by Gasteiger charge is -2.20. The molecular weight excluding hydrogens is 190 g/mol. The van der Waals surface area contributed by atoms with Crippen LogP contribution in [-0.2, 0) is 10.2 Å². The van der Waals surface area contributed by atoms with Crippen LogP contribution in [0.5, 0.6) is 0 Å². The molecule has 3 heteroatoms. The molecule has 1 N–H and O–H groups in total. The van der Waals surface area contributed by atoms with Crippen LogP contribution in [0.3, 0.4) is 0 Å². The molecule has 78 valence electrons. The van der Waals surface area contributed by atoms with Crippen molar-refractivity contribution in [2.24, 2.45) is 0 Å². The van der Waals surface area contributed by atoms with E-state index in [-0.39, 0.29) is 5.91 Å². The number of amides is 1. The average molecular weight is 203 g/mol. The van der Waals surface area contributed by atoms with Gasteiger partial charge in [0.25, 0.3) is 5.91 Å². The zero-order chi connectivity index (χ0) is 10.5. The average Bonchev–Trinajstić information content (AvgIpc) is 2.83. The first-order chi connectivity index (χ1) is 7.26. The Kier molecular flexibility index (Phi) is 1.68. The van der Waals surface area contributed by atoms with Gasteiger partial charge in [-0.05, 0) is 24.5 Å². The molecule has 1 amide bonds. The van der Waals surface area contributed by atoms with E-state index in [1.165, 1.54) is 0 Å². The number of carbonyl (C=O) groups excluding carboxylic acids is 1. The Morgan fingerprint density at radius 1 is 1.20 bits per heavy atom. The van der Waals surface area contributed by atoms with Crippen LogP contribution in [0.15, 0.2) is 24.3 Å². The number of anilines is 1. The van der Waals surface area contributed by atoms with Gasteiger partial charge in [0.1, 0.15) is 0 Å². The van der Waals surface area contributed by atoms with Crippen molar-refractivity contribution in [3.05, 3.63) is 29.8 Å². The maximum atomic E-state index is 12.1. The molecule has 0 aromatic heterocycles. The van der Waals surface area contributed by atoms with Gasteiger partial charge in [-0.25, -0.2) is 0 Å². The summed E-state index contributed by atoms with van der Waals surface area (Å²) in [5.41, 5.74) is 1.27. The lowest BCUT2D eigenvalue weighted by atomic mass is 9.80. The molecule has 1 fully saturated rings. The SMILES string of the molecule is O=C1N(O)c2ccccc2C12CCCC2. The number of benzene rings is 1. The summed E-state index contributed by atoms with van der Waals surface area (Å²) in [6.45, 7) is 0. The molecule has 1 aliphatic heterocycles. The van der Waals surface area contributed by atoms with Crippen molar-refractivity contribution >= 4 is 11.6 Å². The molecule has 0 bridgehead atoms. The largest absolute Gasteiger partial charge is 0.281 e. The van der Waals surface area contributed by atoms with Crippen molar-refractivity contribution in [3.63, 3.8) is 0 Å². The Balaban J connectivity index is 2.22. The summed E-state index contributed by atoms with van der Waals surface area (Å²) in [6.07, 6.45) is 3.90. The number of fused-ring (bicyclic) bond motifs is 2. The van der Waals surface area contributed by atoms with Crippen molar-refractivity contribution in [3.8, 4) is 0 Å². The van der Waals surface area contributed by atoms with Crippen molar-refractivity contribution in [1.29, 1.82) is 0 Å². The number of para-hydroxylation sites is 1. The lowest BCUT2D eigenvalue weighted by Crippen LogP contribution is -2.36. The number of hydroxylamine groups is 1. The summed E-state index contributed by atoms with van der Waals surface area (Å²) in [7, 11) is 0. The van der Waals surface area contributed by atoms with Crippen LogP contribution < -0.4 is 5.06 Å². The van der Waals surface area contributed by atoms with Crippen LogP contribution in [-0.4, -0.2) is 11.1 Å². The highest BCUT2D eigenvalue weighted by molar-refractivity contribution is 6.06. The molecule has 15 heavy (non-hydrogen) atoms. The Bertz CT molecular complexity index is 421. The first-order valence-electron chi connectivity index (χ1n) is 5.39. The van der Waals surface area contributed by atoms with Gasteiger partial charge in [0.2, 0.25) is 0 Å². The van der Waals surface area contributed by atoms with Crippen LogP contribution in [0.2, 0.25) is 0 Å². The van der Waals surface area contributed by atoms with Gasteiger partial charge in [0, 0.05) is 0 Å². The fourth-order valence-electron chi connectivity index (χ4n) is 2.95. The van der Waals surface area contributed by atoms with Crippen LogP contribution in [0.1, 0.15) is 31.2 Å². The van der Waals surface area contributed by atoms with Gasteiger partial charge in [0.15, 0.2) is 0 Å². The second-order valence-electron chi connectivity index (χ2n) is 4.42. The third-order valence-corrected chi connectivity index (χ3v) is 3.71. The molecule has 0 unspecified atom stereocenters. The summed E-state index contributed by atoms with van der Waals surface area (Å²) in [4.78, 5) is 12.1. The number of rotatable bonds is 0. The van der Waals surface area contributed by atoms with Gasteiger partial charge < -0.3 is 0 Å². The third kappa shape index (κ3) is 0.960. The molecule has 1 spiro atoms. The minimum absolute atomic E-state index is 0.138. The van der Waals surface area contributed by atoms with Gasteiger partial charge in [-0.3, -0.25) is 10.0 Å². The zero-order valence-electron chi connectivity index (χ0n) is 8.44. The van der Waals surface area contributed by atoms with Crippen LogP contribution in [0, 0.1) is 0 Å². The maximum Gasteiger partial charge on any atom is 0.261 e. The van der Waals surface area contributed by atoms with E-state index in [0.717, 1.165) is 36.3 Å². The molecular formula is C12H13NO2. The molecule has 0 saturated heterocycles. The van der Waals surface area contributed by atoms with Crippen LogP contribution >= 0.6 is 0 Å². The fraction of sp³-hybridized carbons (Fsp3) is 0.417. The molecule has 0 atom stereocenters. The van der Waals surface area contributed by atoms with E-state index >= 15 is 0 Å². The second kappa shape index (κ2) is 2.83.